The molecule has 0 fully saturated rings. The lowest BCUT2D eigenvalue weighted by Crippen LogP contribution is -2.36. The Hall–Kier alpha value is -1.72. The highest BCUT2D eigenvalue weighted by molar-refractivity contribution is 5.80. The molecule has 1 aliphatic rings. The Morgan fingerprint density at radius 3 is 2.50 bits per heavy atom. The third-order valence-electron chi connectivity index (χ3n) is 2.95. The number of benzene rings is 1. The minimum absolute atomic E-state index is 0.324. The number of nitrogens with zero attached hydrogens (tertiary/aromatic N) is 2. The average Bonchev–Trinajstić information content (AvgIpc) is 2.68. The quantitative estimate of drug-likeness (QED) is 0.843. The summed E-state index contributed by atoms with van der Waals surface area (Å²) in [5, 5.41) is 0. The van der Waals surface area contributed by atoms with Crippen molar-refractivity contribution in [1.29, 1.82) is 0 Å². The van der Waals surface area contributed by atoms with Gasteiger partial charge in [-0.15, -0.1) is 0 Å². The topological polar surface area (TPSA) is 41.6 Å². The van der Waals surface area contributed by atoms with Crippen LogP contribution in [0.3, 0.4) is 0 Å². The van der Waals surface area contributed by atoms with Crippen LogP contribution in [0.5, 0.6) is 0 Å². The maximum absolute atomic E-state index is 13.2. The summed E-state index contributed by atoms with van der Waals surface area (Å²) in [5.74, 6) is -3.47. The molecule has 0 aromatic heterocycles. The Labute approximate surface area is 103 Å². The zero-order valence-corrected chi connectivity index (χ0v) is 9.96. The number of halogens is 3. The van der Waals surface area contributed by atoms with Crippen molar-refractivity contribution in [2.45, 2.75) is 19.4 Å². The summed E-state index contributed by atoms with van der Waals surface area (Å²) in [5.41, 5.74) is 6.06. The zero-order valence-electron chi connectivity index (χ0n) is 9.96. The van der Waals surface area contributed by atoms with Crippen molar-refractivity contribution < 1.29 is 13.2 Å². The van der Waals surface area contributed by atoms with Gasteiger partial charge in [0.15, 0.2) is 23.4 Å². The molecule has 0 saturated heterocycles. The first-order valence-electron chi connectivity index (χ1n) is 5.75. The Morgan fingerprint density at radius 2 is 1.94 bits per heavy atom. The SMILES string of the molecule is CCCN1C(N)=NCC1c1cc(F)c(F)c(F)c1. The molecule has 18 heavy (non-hydrogen) atoms. The van der Waals surface area contributed by atoms with Crippen LogP contribution in [0.25, 0.3) is 0 Å². The Kier molecular flexibility index (Phi) is 3.45. The summed E-state index contributed by atoms with van der Waals surface area (Å²) in [6.07, 6.45) is 0.832. The van der Waals surface area contributed by atoms with Gasteiger partial charge in [0.1, 0.15) is 0 Å². The van der Waals surface area contributed by atoms with Crippen molar-refractivity contribution >= 4 is 5.96 Å². The lowest BCUT2D eigenvalue weighted by Gasteiger charge is -2.26. The van der Waals surface area contributed by atoms with Crippen LogP contribution in [0, 0.1) is 17.5 Å². The van der Waals surface area contributed by atoms with Gasteiger partial charge in [0.25, 0.3) is 0 Å². The number of guanidine groups is 1. The number of rotatable bonds is 3. The van der Waals surface area contributed by atoms with Gasteiger partial charge >= 0.3 is 0 Å². The fourth-order valence-corrected chi connectivity index (χ4v) is 2.09. The number of nitrogens with two attached hydrogens (primary N) is 1. The Balaban J connectivity index is 2.32. The van der Waals surface area contributed by atoms with Gasteiger partial charge in [-0.2, -0.15) is 0 Å². The monoisotopic (exact) mass is 257 g/mol. The zero-order chi connectivity index (χ0) is 13.3. The number of aliphatic imine (C=N–C) groups is 1. The molecule has 0 saturated carbocycles. The van der Waals surface area contributed by atoms with Crippen LogP contribution in [0.15, 0.2) is 17.1 Å². The van der Waals surface area contributed by atoms with Crippen LogP contribution < -0.4 is 5.73 Å². The van der Waals surface area contributed by atoms with E-state index in [1.165, 1.54) is 0 Å². The van der Waals surface area contributed by atoms with Crippen molar-refractivity contribution in [3.05, 3.63) is 35.1 Å². The normalized spacial score (nSPS) is 19.2. The van der Waals surface area contributed by atoms with E-state index in [9.17, 15) is 13.2 Å². The summed E-state index contributed by atoms with van der Waals surface area (Å²) in [7, 11) is 0. The second-order valence-corrected chi connectivity index (χ2v) is 4.21. The first-order chi connectivity index (χ1) is 8.54. The number of hydrogen-bond donors (Lipinski definition) is 1. The molecule has 1 aliphatic heterocycles. The molecular weight excluding hydrogens is 243 g/mol. The fraction of sp³-hybridized carbons (Fsp3) is 0.417. The van der Waals surface area contributed by atoms with E-state index in [4.69, 9.17) is 5.73 Å². The first-order valence-corrected chi connectivity index (χ1v) is 5.75. The molecule has 1 aromatic rings. The van der Waals surface area contributed by atoms with Gasteiger partial charge in [0.2, 0.25) is 0 Å². The summed E-state index contributed by atoms with van der Waals surface area (Å²) in [6.45, 7) is 2.94. The third kappa shape index (κ3) is 2.14. The Morgan fingerprint density at radius 1 is 1.33 bits per heavy atom. The van der Waals surface area contributed by atoms with Crippen LogP contribution in [0.1, 0.15) is 24.9 Å². The van der Waals surface area contributed by atoms with Crippen LogP contribution in [-0.2, 0) is 0 Å². The van der Waals surface area contributed by atoms with Gasteiger partial charge in [0.05, 0.1) is 12.6 Å². The van der Waals surface area contributed by atoms with E-state index in [2.05, 4.69) is 4.99 Å². The molecule has 1 unspecified atom stereocenters. The molecule has 1 atom stereocenters. The lowest BCUT2D eigenvalue weighted by atomic mass is 10.1. The molecule has 1 aromatic carbocycles. The van der Waals surface area contributed by atoms with Crippen LogP contribution >= 0.6 is 0 Å². The van der Waals surface area contributed by atoms with Crippen molar-refractivity contribution in [2.75, 3.05) is 13.1 Å². The lowest BCUT2D eigenvalue weighted by molar-refractivity contribution is 0.343. The molecule has 3 nitrogen and oxygen atoms in total. The molecule has 2 N–H and O–H groups in total. The highest BCUT2D eigenvalue weighted by Gasteiger charge is 2.28. The molecule has 6 heteroatoms. The van der Waals surface area contributed by atoms with Crippen molar-refractivity contribution in [3.63, 3.8) is 0 Å². The standard InChI is InChI=1S/C12H14F3N3/c1-2-3-18-10(6-17-12(18)16)7-4-8(13)11(15)9(14)5-7/h4-5,10H,2-3,6H2,1H3,(H2,16,17). The minimum Gasteiger partial charge on any atom is -0.370 e. The van der Waals surface area contributed by atoms with E-state index >= 15 is 0 Å². The van der Waals surface area contributed by atoms with E-state index in [-0.39, 0.29) is 6.04 Å². The summed E-state index contributed by atoms with van der Waals surface area (Å²) < 4.78 is 39.3. The Bertz CT molecular complexity index is 464. The summed E-state index contributed by atoms with van der Waals surface area (Å²) in [6, 6.07) is 1.68. The highest BCUT2D eigenvalue weighted by atomic mass is 19.2. The van der Waals surface area contributed by atoms with E-state index in [0.717, 1.165) is 18.6 Å². The van der Waals surface area contributed by atoms with E-state index in [0.29, 0.717) is 24.6 Å². The van der Waals surface area contributed by atoms with Crippen LogP contribution in [0.2, 0.25) is 0 Å². The van der Waals surface area contributed by atoms with E-state index in [1.54, 1.807) is 4.90 Å². The molecule has 0 amide bonds. The van der Waals surface area contributed by atoms with Gasteiger partial charge in [-0.05, 0) is 24.1 Å². The first kappa shape index (κ1) is 12.7. The molecule has 1 heterocycles. The predicted molar refractivity (Wildman–Crippen MR) is 62.5 cm³/mol. The third-order valence-corrected chi connectivity index (χ3v) is 2.95. The fourth-order valence-electron chi connectivity index (χ4n) is 2.09. The highest BCUT2D eigenvalue weighted by Crippen LogP contribution is 2.27. The second-order valence-electron chi connectivity index (χ2n) is 4.21. The maximum Gasteiger partial charge on any atom is 0.194 e. The molecular formula is C12H14F3N3. The summed E-state index contributed by atoms with van der Waals surface area (Å²) >= 11 is 0. The molecule has 0 bridgehead atoms. The molecule has 0 radical (unpaired) electrons. The van der Waals surface area contributed by atoms with Gasteiger partial charge in [-0.25, -0.2) is 13.2 Å². The van der Waals surface area contributed by atoms with Crippen LogP contribution in [-0.4, -0.2) is 23.9 Å². The smallest absolute Gasteiger partial charge is 0.194 e. The van der Waals surface area contributed by atoms with Crippen molar-refractivity contribution in [2.24, 2.45) is 10.7 Å². The van der Waals surface area contributed by atoms with E-state index in [1.807, 2.05) is 6.92 Å². The molecule has 98 valence electrons. The minimum atomic E-state index is -1.45. The van der Waals surface area contributed by atoms with Gasteiger partial charge in [-0.3, -0.25) is 4.99 Å². The van der Waals surface area contributed by atoms with Crippen LogP contribution in [0.4, 0.5) is 13.2 Å². The van der Waals surface area contributed by atoms with Gasteiger partial charge in [0, 0.05) is 6.54 Å². The van der Waals surface area contributed by atoms with Gasteiger partial charge < -0.3 is 10.6 Å². The van der Waals surface area contributed by atoms with E-state index < -0.39 is 17.5 Å². The average molecular weight is 257 g/mol. The van der Waals surface area contributed by atoms with Crippen molar-refractivity contribution in [1.82, 2.24) is 4.90 Å². The maximum atomic E-state index is 13.2. The van der Waals surface area contributed by atoms with Crippen molar-refractivity contribution in [3.8, 4) is 0 Å². The molecule has 0 spiro atoms. The second kappa shape index (κ2) is 4.88. The molecule has 2 rings (SSSR count). The summed E-state index contributed by atoms with van der Waals surface area (Å²) in [4.78, 5) is 5.83. The predicted octanol–water partition coefficient (Wildman–Crippen LogP) is 2.19. The van der Waals surface area contributed by atoms with Gasteiger partial charge in [-0.1, -0.05) is 6.92 Å². The largest absolute Gasteiger partial charge is 0.370 e. The number of hydrogen-bond acceptors (Lipinski definition) is 3. The molecule has 0 aliphatic carbocycles.